The van der Waals surface area contributed by atoms with Crippen molar-refractivity contribution in [3.05, 3.63) is 24.3 Å². The summed E-state index contributed by atoms with van der Waals surface area (Å²) in [6.07, 6.45) is 0. The molecule has 1 aromatic rings. The first-order valence-corrected chi connectivity index (χ1v) is 5.76. The molecule has 0 radical (unpaired) electrons. The summed E-state index contributed by atoms with van der Waals surface area (Å²) in [6.45, 7) is 0. The number of thiol groups is 1. The number of anilines is 1. The van der Waals surface area contributed by atoms with E-state index in [0.29, 0.717) is 5.69 Å². The van der Waals surface area contributed by atoms with E-state index in [1.54, 1.807) is 6.07 Å². The molecule has 0 aromatic heterocycles. The minimum absolute atomic E-state index is 0.188. The molecule has 4 nitrogen and oxygen atoms in total. The number of thiocarbonyl (C=S) groups is 1. The molecule has 0 bridgehead atoms. The second kappa shape index (κ2) is 4.26. The third kappa shape index (κ3) is 3.26. The quantitative estimate of drug-likeness (QED) is 0.422. The van der Waals surface area contributed by atoms with Crippen molar-refractivity contribution in [2.24, 2.45) is 0 Å². The van der Waals surface area contributed by atoms with Crippen molar-refractivity contribution in [2.75, 3.05) is 5.32 Å². The van der Waals surface area contributed by atoms with E-state index < -0.39 is 10.1 Å². The lowest BCUT2D eigenvalue weighted by Gasteiger charge is -2.03. The van der Waals surface area contributed by atoms with Gasteiger partial charge in [0, 0.05) is 5.69 Å². The third-order valence-corrected chi connectivity index (χ3v) is 2.45. The molecule has 0 saturated heterocycles. The summed E-state index contributed by atoms with van der Waals surface area (Å²) in [4.78, 5) is -0.188. The molecule has 0 saturated carbocycles. The molecule has 0 unspecified atom stereocenters. The van der Waals surface area contributed by atoms with Crippen LogP contribution in [0.15, 0.2) is 29.2 Å². The molecule has 1 aromatic carbocycles. The predicted molar refractivity (Wildman–Crippen MR) is 61.5 cm³/mol. The summed E-state index contributed by atoms with van der Waals surface area (Å²) < 4.78 is 30.5. The van der Waals surface area contributed by atoms with E-state index in [1.807, 2.05) is 0 Å². The SMILES string of the molecule is O=S(=O)(O)c1cccc(NC(=S)S)c1. The number of rotatable bonds is 2. The molecule has 2 N–H and O–H groups in total. The van der Waals surface area contributed by atoms with Gasteiger partial charge in [-0.2, -0.15) is 8.42 Å². The standard InChI is InChI=1S/C7H7NO3S3/c9-14(10,11)6-3-1-2-5(4-6)8-7(12)13/h1-4H,(H2,8,12,13)(H,9,10,11). The van der Waals surface area contributed by atoms with Gasteiger partial charge in [0.1, 0.15) is 4.32 Å². The third-order valence-electron chi connectivity index (χ3n) is 1.38. The van der Waals surface area contributed by atoms with E-state index in [4.69, 9.17) is 4.55 Å². The molecule has 0 spiro atoms. The summed E-state index contributed by atoms with van der Waals surface area (Å²) in [5, 5.41) is 2.64. The Morgan fingerprint density at radius 2 is 2.14 bits per heavy atom. The first-order chi connectivity index (χ1) is 6.39. The zero-order valence-corrected chi connectivity index (χ0v) is 9.36. The van der Waals surface area contributed by atoms with Crippen LogP contribution in [-0.4, -0.2) is 17.3 Å². The van der Waals surface area contributed by atoms with E-state index >= 15 is 0 Å². The monoisotopic (exact) mass is 249 g/mol. The average Bonchev–Trinajstić information content (AvgIpc) is 2.01. The van der Waals surface area contributed by atoms with Crippen LogP contribution < -0.4 is 5.32 Å². The zero-order chi connectivity index (χ0) is 10.8. The first-order valence-electron chi connectivity index (χ1n) is 3.47. The first kappa shape index (κ1) is 11.4. The molecule has 0 aliphatic heterocycles. The molecule has 0 atom stereocenters. The predicted octanol–water partition coefficient (Wildman–Crippen LogP) is 1.56. The Balaban J connectivity index is 3.08. The van der Waals surface area contributed by atoms with E-state index in [-0.39, 0.29) is 9.22 Å². The van der Waals surface area contributed by atoms with Crippen molar-refractivity contribution < 1.29 is 13.0 Å². The van der Waals surface area contributed by atoms with Crippen LogP contribution in [0.5, 0.6) is 0 Å². The van der Waals surface area contributed by atoms with Crippen LogP contribution in [0.2, 0.25) is 0 Å². The summed E-state index contributed by atoms with van der Waals surface area (Å²) in [5.41, 5.74) is 0.458. The molecule has 0 heterocycles. The maximum Gasteiger partial charge on any atom is 0.294 e. The largest absolute Gasteiger partial charge is 0.341 e. The van der Waals surface area contributed by atoms with Crippen LogP contribution in [-0.2, 0) is 10.1 Å². The Morgan fingerprint density at radius 3 is 2.64 bits per heavy atom. The van der Waals surface area contributed by atoms with Gasteiger partial charge < -0.3 is 5.32 Å². The van der Waals surface area contributed by atoms with Gasteiger partial charge in [0.05, 0.1) is 4.90 Å². The highest BCUT2D eigenvalue weighted by atomic mass is 32.2. The molecule has 0 fully saturated rings. The Kier molecular flexibility index (Phi) is 3.48. The number of hydrogen-bond acceptors (Lipinski definition) is 3. The lowest BCUT2D eigenvalue weighted by molar-refractivity contribution is 0.483. The average molecular weight is 249 g/mol. The minimum Gasteiger partial charge on any atom is -0.341 e. The summed E-state index contributed by atoms with van der Waals surface area (Å²) in [7, 11) is -4.17. The molecule has 14 heavy (non-hydrogen) atoms. The van der Waals surface area contributed by atoms with Crippen LogP contribution in [0.4, 0.5) is 5.69 Å². The second-order valence-electron chi connectivity index (χ2n) is 2.43. The fourth-order valence-electron chi connectivity index (χ4n) is 0.858. The smallest absolute Gasteiger partial charge is 0.294 e. The summed E-state index contributed by atoms with van der Waals surface area (Å²) >= 11 is 8.48. The van der Waals surface area contributed by atoms with Gasteiger partial charge in [-0.25, -0.2) is 0 Å². The van der Waals surface area contributed by atoms with Crippen molar-refractivity contribution in [3.8, 4) is 0 Å². The van der Waals surface area contributed by atoms with E-state index in [2.05, 4.69) is 30.2 Å². The maximum atomic E-state index is 10.7. The van der Waals surface area contributed by atoms with E-state index in [1.165, 1.54) is 18.2 Å². The van der Waals surface area contributed by atoms with Gasteiger partial charge in [-0.3, -0.25) is 4.55 Å². The molecular formula is C7H7NO3S3. The minimum atomic E-state index is -4.17. The molecule has 76 valence electrons. The van der Waals surface area contributed by atoms with Crippen molar-refractivity contribution in [1.82, 2.24) is 0 Å². The van der Waals surface area contributed by atoms with Crippen LogP contribution in [0.3, 0.4) is 0 Å². The van der Waals surface area contributed by atoms with Gasteiger partial charge in [0.2, 0.25) is 0 Å². The second-order valence-corrected chi connectivity index (χ2v) is 5.01. The van der Waals surface area contributed by atoms with Gasteiger partial charge in [-0.05, 0) is 18.2 Å². The fraction of sp³-hybridized carbons (Fsp3) is 0. The normalized spacial score (nSPS) is 11.0. The molecule has 0 aliphatic rings. The van der Waals surface area contributed by atoms with Crippen molar-refractivity contribution >= 4 is 45.0 Å². The molecule has 1 rings (SSSR count). The topological polar surface area (TPSA) is 66.4 Å². The fourth-order valence-corrected chi connectivity index (χ4v) is 1.63. The van der Waals surface area contributed by atoms with Crippen molar-refractivity contribution in [3.63, 3.8) is 0 Å². The molecule has 0 aliphatic carbocycles. The Morgan fingerprint density at radius 1 is 1.50 bits per heavy atom. The van der Waals surface area contributed by atoms with Crippen LogP contribution in [0, 0.1) is 0 Å². The van der Waals surface area contributed by atoms with Crippen LogP contribution >= 0.6 is 24.8 Å². The maximum absolute atomic E-state index is 10.7. The zero-order valence-electron chi connectivity index (χ0n) is 6.84. The van der Waals surface area contributed by atoms with Gasteiger partial charge in [0.15, 0.2) is 0 Å². The lowest BCUT2D eigenvalue weighted by atomic mass is 10.3. The van der Waals surface area contributed by atoms with Crippen molar-refractivity contribution in [1.29, 1.82) is 0 Å². The Labute approximate surface area is 92.5 Å². The van der Waals surface area contributed by atoms with Crippen LogP contribution in [0.25, 0.3) is 0 Å². The van der Waals surface area contributed by atoms with E-state index in [0.717, 1.165) is 0 Å². The highest BCUT2D eigenvalue weighted by molar-refractivity contribution is 8.11. The number of hydrogen-bond donors (Lipinski definition) is 3. The Hall–Kier alpha value is -0.630. The van der Waals surface area contributed by atoms with Gasteiger partial charge >= 0.3 is 0 Å². The van der Waals surface area contributed by atoms with Crippen LogP contribution in [0.1, 0.15) is 0 Å². The van der Waals surface area contributed by atoms with Gasteiger partial charge in [0.25, 0.3) is 10.1 Å². The number of nitrogens with one attached hydrogen (secondary N) is 1. The highest BCUT2D eigenvalue weighted by Crippen LogP contribution is 2.15. The van der Waals surface area contributed by atoms with Crippen molar-refractivity contribution in [2.45, 2.75) is 4.90 Å². The lowest BCUT2D eigenvalue weighted by Crippen LogP contribution is -2.03. The van der Waals surface area contributed by atoms with Gasteiger partial charge in [-0.15, -0.1) is 12.6 Å². The Bertz CT molecular complexity index is 455. The number of benzene rings is 1. The molecule has 0 amide bonds. The summed E-state index contributed by atoms with van der Waals surface area (Å²) in [6, 6.07) is 5.63. The van der Waals surface area contributed by atoms with E-state index in [9.17, 15) is 8.42 Å². The van der Waals surface area contributed by atoms with Gasteiger partial charge in [-0.1, -0.05) is 18.3 Å². The highest BCUT2D eigenvalue weighted by Gasteiger charge is 2.09. The molecular weight excluding hydrogens is 242 g/mol. The summed E-state index contributed by atoms with van der Waals surface area (Å²) in [5.74, 6) is 0. The molecule has 7 heteroatoms.